The summed E-state index contributed by atoms with van der Waals surface area (Å²) in [5.41, 5.74) is 11.1. The summed E-state index contributed by atoms with van der Waals surface area (Å²) in [6, 6.07) is 4.89. The van der Waals surface area contributed by atoms with Crippen LogP contribution in [0.3, 0.4) is 0 Å². The predicted molar refractivity (Wildman–Crippen MR) is 98.8 cm³/mol. The van der Waals surface area contributed by atoms with Gasteiger partial charge < -0.3 is 16.2 Å². The number of fused-ring (bicyclic) bond motifs is 1. The zero-order valence-corrected chi connectivity index (χ0v) is 16.0. The summed E-state index contributed by atoms with van der Waals surface area (Å²) >= 11 is 0. The zero-order valence-electron chi connectivity index (χ0n) is 14.4. The summed E-state index contributed by atoms with van der Waals surface area (Å²) in [5.74, 6) is -2.11. The highest BCUT2D eigenvalue weighted by atomic mass is 32.2. The van der Waals surface area contributed by atoms with Crippen molar-refractivity contribution in [3.8, 4) is 5.75 Å². The topological polar surface area (TPSA) is 168 Å². The van der Waals surface area contributed by atoms with Crippen LogP contribution < -0.4 is 16.2 Å². The number of nitrogens with two attached hydrogens (primary N) is 2. The molecule has 0 atom stereocenters. The lowest BCUT2D eigenvalue weighted by Gasteiger charge is -2.11. The van der Waals surface area contributed by atoms with Gasteiger partial charge in [-0.05, 0) is 11.2 Å². The van der Waals surface area contributed by atoms with E-state index in [0.717, 1.165) is 6.26 Å². The minimum atomic E-state index is -4.30. The second-order valence-corrected chi connectivity index (χ2v) is 9.58. The highest BCUT2D eigenvalue weighted by Crippen LogP contribution is 2.31. The molecule has 12 heteroatoms. The van der Waals surface area contributed by atoms with Gasteiger partial charge in [-0.3, -0.25) is 9.08 Å². The fourth-order valence-corrected chi connectivity index (χ4v) is 3.96. The van der Waals surface area contributed by atoms with E-state index in [1.807, 2.05) is 0 Å². The van der Waals surface area contributed by atoms with Crippen LogP contribution in [0, 0.1) is 0 Å². The molecular formula is C15H19N3O7S2. The van der Waals surface area contributed by atoms with Crippen molar-refractivity contribution < 1.29 is 30.7 Å². The highest BCUT2D eigenvalue weighted by molar-refractivity contribution is 7.89. The molecule has 0 saturated heterocycles. The lowest BCUT2D eigenvalue weighted by molar-refractivity contribution is -0.113. The van der Waals surface area contributed by atoms with Crippen LogP contribution in [0.25, 0.3) is 6.08 Å². The number of carbonyl (C=O) groups is 1. The molecule has 0 radical (unpaired) electrons. The Morgan fingerprint density at radius 3 is 2.59 bits per heavy atom. The molecule has 1 aromatic carbocycles. The lowest BCUT2D eigenvalue weighted by Crippen LogP contribution is -2.25. The van der Waals surface area contributed by atoms with Crippen molar-refractivity contribution in [3.63, 3.8) is 0 Å². The standard InChI is InChI=1S/C15H19N3O7S2/c1-26(20,21)8-12-4-2-3-11-7-10(5-6-24-14(11)12)13(19)9-27(22,23)25-18-15(16)17/h2-4,7H,5-6,8-9H2,1H3,(H4,16,17,18). The van der Waals surface area contributed by atoms with E-state index < -0.39 is 37.5 Å². The summed E-state index contributed by atoms with van der Waals surface area (Å²) in [6.45, 7) is 0.0835. The van der Waals surface area contributed by atoms with Crippen LogP contribution >= 0.6 is 0 Å². The van der Waals surface area contributed by atoms with Crippen LogP contribution in [0.4, 0.5) is 0 Å². The number of Topliss-reactive ketones (excluding diaryl/α,β-unsaturated/α-hetero) is 1. The fraction of sp³-hybridized carbons (Fsp3) is 0.333. The normalized spacial score (nSPS) is 14.2. The van der Waals surface area contributed by atoms with E-state index in [1.54, 1.807) is 18.2 Å². The average molecular weight is 417 g/mol. The number of hydrogen-bond donors (Lipinski definition) is 2. The molecule has 1 aromatic rings. The summed E-state index contributed by atoms with van der Waals surface area (Å²) in [6.07, 6.45) is 2.73. The van der Waals surface area contributed by atoms with Gasteiger partial charge in [0.2, 0.25) is 5.96 Å². The number of rotatable bonds is 7. The van der Waals surface area contributed by atoms with Crippen molar-refractivity contribution in [3.05, 3.63) is 34.9 Å². The van der Waals surface area contributed by atoms with Crippen molar-refractivity contribution >= 4 is 37.8 Å². The average Bonchev–Trinajstić information content (AvgIpc) is 2.74. The molecule has 0 fully saturated rings. The molecule has 2 rings (SSSR count). The summed E-state index contributed by atoms with van der Waals surface area (Å²) in [7, 11) is -7.59. The third-order valence-electron chi connectivity index (χ3n) is 3.41. The smallest absolute Gasteiger partial charge is 0.336 e. The van der Waals surface area contributed by atoms with Crippen molar-refractivity contribution in [2.75, 3.05) is 18.6 Å². The fourth-order valence-electron chi connectivity index (χ4n) is 2.41. The first-order valence-corrected chi connectivity index (χ1v) is 11.3. The second-order valence-electron chi connectivity index (χ2n) is 5.89. The molecule has 27 heavy (non-hydrogen) atoms. The van der Waals surface area contributed by atoms with Gasteiger partial charge in [0.05, 0.1) is 12.4 Å². The Morgan fingerprint density at radius 1 is 1.26 bits per heavy atom. The molecular weight excluding hydrogens is 398 g/mol. The van der Waals surface area contributed by atoms with E-state index in [4.69, 9.17) is 16.2 Å². The molecule has 0 aromatic heterocycles. The van der Waals surface area contributed by atoms with E-state index in [0.29, 0.717) is 16.9 Å². The molecule has 1 aliphatic rings. The summed E-state index contributed by atoms with van der Waals surface area (Å²) in [5, 5.41) is 2.93. The molecule has 1 aliphatic heterocycles. The Kier molecular flexibility index (Phi) is 6.11. The van der Waals surface area contributed by atoms with Gasteiger partial charge in [-0.15, -0.1) is 0 Å². The van der Waals surface area contributed by atoms with Crippen molar-refractivity contribution in [1.82, 2.24) is 0 Å². The summed E-state index contributed by atoms with van der Waals surface area (Å²) in [4.78, 5) is 12.3. The number of nitrogens with zero attached hydrogens (tertiary/aromatic N) is 1. The molecule has 10 nitrogen and oxygen atoms in total. The van der Waals surface area contributed by atoms with Crippen LogP contribution in [-0.2, 0) is 34.8 Å². The number of sulfone groups is 1. The van der Waals surface area contributed by atoms with Gasteiger partial charge in [-0.1, -0.05) is 18.2 Å². The maximum Gasteiger partial charge on any atom is 0.336 e. The van der Waals surface area contributed by atoms with Gasteiger partial charge in [-0.25, -0.2) is 8.42 Å². The van der Waals surface area contributed by atoms with E-state index in [-0.39, 0.29) is 24.4 Å². The lowest BCUT2D eigenvalue weighted by atomic mass is 10.0. The van der Waals surface area contributed by atoms with Crippen LogP contribution in [0.1, 0.15) is 17.5 Å². The Bertz CT molecular complexity index is 1010. The van der Waals surface area contributed by atoms with Gasteiger partial charge in [0.15, 0.2) is 21.4 Å². The van der Waals surface area contributed by atoms with Gasteiger partial charge in [-0.2, -0.15) is 8.42 Å². The zero-order chi connectivity index (χ0) is 20.2. The summed E-state index contributed by atoms with van der Waals surface area (Å²) < 4.78 is 56.4. The van der Waals surface area contributed by atoms with E-state index in [2.05, 4.69) is 9.44 Å². The Balaban J connectivity index is 2.29. The maximum atomic E-state index is 12.3. The molecule has 0 bridgehead atoms. The van der Waals surface area contributed by atoms with E-state index in [9.17, 15) is 21.6 Å². The van der Waals surface area contributed by atoms with Crippen LogP contribution in [0.5, 0.6) is 5.75 Å². The first-order chi connectivity index (χ1) is 12.5. The Hall–Kier alpha value is -2.60. The number of benzene rings is 1. The van der Waals surface area contributed by atoms with Crippen LogP contribution in [-0.4, -0.2) is 47.2 Å². The number of para-hydroxylation sites is 1. The quantitative estimate of drug-likeness (QED) is 0.337. The minimum absolute atomic E-state index is 0.0835. The van der Waals surface area contributed by atoms with Crippen molar-refractivity contribution in [1.29, 1.82) is 0 Å². The minimum Gasteiger partial charge on any atom is -0.492 e. The first-order valence-electron chi connectivity index (χ1n) is 7.63. The molecule has 0 amide bonds. The van der Waals surface area contributed by atoms with Gasteiger partial charge in [0.1, 0.15) is 5.75 Å². The number of oxime groups is 1. The van der Waals surface area contributed by atoms with Gasteiger partial charge in [0, 0.05) is 29.4 Å². The molecule has 0 saturated carbocycles. The number of carbonyl (C=O) groups excluding carboxylic acids is 1. The Labute approximate surface area is 156 Å². The third kappa shape index (κ3) is 6.25. The number of ether oxygens (including phenoxy) is 1. The molecule has 0 unspecified atom stereocenters. The van der Waals surface area contributed by atoms with Crippen molar-refractivity contribution in [2.24, 2.45) is 16.6 Å². The third-order valence-corrected chi connectivity index (χ3v) is 5.17. The van der Waals surface area contributed by atoms with Crippen molar-refractivity contribution in [2.45, 2.75) is 12.2 Å². The predicted octanol–water partition coefficient (Wildman–Crippen LogP) is -0.499. The molecule has 0 spiro atoms. The largest absolute Gasteiger partial charge is 0.492 e. The van der Waals surface area contributed by atoms with Crippen LogP contribution in [0.2, 0.25) is 0 Å². The first kappa shape index (κ1) is 20.7. The number of guanidine groups is 1. The second kappa shape index (κ2) is 7.96. The number of ketones is 1. The number of hydrogen-bond acceptors (Lipinski definition) is 8. The monoisotopic (exact) mass is 417 g/mol. The molecule has 0 aliphatic carbocycles. The van der Waals surface area contributed by atoms with E-state index in [1.165, 1.54) is 6.08 Å². The SMILES string of the molecule is CS(=O)(=O)Cc1cccc2c1OCCC(C(=O)CS(=O)(=O)ON=C(N)N)=C2. The van der Waals surface area contributed by atoms with Gasteiger partial charge in [0.25, 0.3) is 0 Å². The molecule has 1 heterocycles. The molecule has 4 N–H and O–H groups in total. The molecule has 148 valence electrons. The van der Waals surface area contributed by atoms with Crippen LogP contribution in [0.15, 0.2) is 28.9 Å². The van der Waals surface area contributed by atoms with E-state index >= 15 is 0 Å². The highest BCUT2D eigenvalue weighted by Gasteiger charge is 2.24. The maximum absolute atomic E-state index is 12.3. The van der Waals surface area contributed by atoms with Gasteiger partial charge >= 0.3 is 10.1 Å². The Morgan fingerprint density at radius 2 is 1.96 bits per heavy atom.